The van der Waals surface area contributed by atoms with Gasteiger partial charge in [0, 0.05) is 24.0 Å². The predicted octanol–water partition coefficient (Wildman–Crippen LogP) is 2.74. The van der Waals surface area contributed by atoms with Gasteiger partial charge >= 0.3 is 0 Å². The van der Waals surface area contributed by atoms with Crippen molar-refractivity contribution < 1.29 is 0 Å². The van der Waals surface area contributed by atoms with Crippen LogP contribution >= 0.6 is 0 Å². The molecule has 3 rings (SSSR count). The van der Waals surface area contributed by atoms with Crippen molar-refractivity contribution in [3.63, 3.8) is 0 Å². The number of benzene rings is 1. The number of fused-ring (bicyclic) bond motifs is 1. The summed E-state index contributed by atoms with van der Waals surface area (Å²) in [5, 5.41) is 4.79. The van der Waals surface area contributed by atoms with Crippen LogP contribution in [0.25, 0.3) is 10.9 Å². The summed E-state index contributed by atoms with van der Waals surface area (Å²) in [5.74, 6) is 0. The van der Waals surface area contributed by atoms with E-state index in [1.165, 1.54) is 11.8 Å². The van der Waals surface area contributed by atoms with Gasteiger partial charge in [0.05, 0.1) is 17.4 Å². The van der Waals surface area contributed by atoms with Crippen molar-refractivity contribution in [3.8, 4) is 0 Å². The van der Waals surface area contributed by atoms with Gasteiger partial charge in [0.25, 0.3) is 0 Å². The minimum Gasteiger partial charge on any atom is -0.380 e. The number of para-hydroxylation sites is 1. The normalized spacial score (nSPS) is 24.6. The van der Waals surface area contributed by atoms with Gasteiger partial charge in [-0.1, -0.05) is 18.2 Å². The van der Waals surface area contributed by atoms with Crippen molar-refractivity contribution in [2.24, 2.45) is 0 Å². The molecule has 0 radical (unpaired) electrons. The highest BCUT2D eigenvalue weighted by Gasteiger charge is 2.25. The molecule has 1 aliphatic rings. The first kappa shape index (κ1) is 11.5. The number of anilines is 1. The number of likely N-dealkylation sites (N-methyl/N-ethyl adjacent to an activating group) is 1. The summed E-state index contributed by atoms with van der Waals surface area (Å²) in [6.07, 6.45) is 3.13. The molecule has 2 heterocycles. The first-order valence-corrected chi connectivity index (χ1v) is 6.54. The Kier molecular flexibility index (Phi) is 2.92. The van der Waals surface area contributed by atoms with Crippen molar-refractivity contribution >= 4 is 16.6 Å². The smallest absolute Gasteiger partial charge is 0.0703 e. The van der Waals surface area contributed by atoms with Crippen molar-refractivity contribution in [2.75, 3.05) is 18.9 Å². The standard InChI is InChI=1S/C15H19N3/c1-11-7-14(10-18(11)2)17-13-8-12-5-3-4-6-15(12)16-9-13/h3-6,8-9,11,14,17H,7,10H2,1-2H3. The zero-order chi connectivity index (χ0) is 12.5. The highest BCUT2D eigenvalue weighted by atomic mass is 15.2. The molecule has 94 valence electrons. The molecule has 2 atom stereocenters. The molecule has 3 heteroatoms. The fourth-order valence-corrected chi connectivity index (χ4v) is 2.68. The summed E-state index contributed by atoms with van der Waals surface area (Å²) in [5.41, 5.74) is 2.18. The Bertz CT molecular complexity index is 542. The van der Waals surface area contributed by atoms with E-state index in [4.69, 9.17) is 0 Å². The quantitative estimate of drug-likeness (QED) is 0.876. The van der Waals surface area contributed by atoms with Crippen LogP contribution in [0.3, 0.4) is 0 Å². The summed E-state index contributed by atoms with van der Waals surface area (Å²) in [6.45, 7) is 3.38. The lowest BCUT2D eigenvalue weighted by atomic mass is 10.1. The van der Waals surface area contributed by atoms with Crippen LogP contribution < -0.4 is 5.32 Å². The lowest BCUT2D eigenvalue weighted by molar-refractivity contribution is 0.330. The monoisotopic (exact) mass is 241 g/mol. The van der Waals surface area contributed by atoms with E-state index in [1.807, 2.05) is 18.3 Å². The summed E-state index contributed by atoms with van der Waals surface area (Å²) in [4.78, 5) is 6.88. The number of pyridine rings is 1. The van der Waals surface area contributed by atoms with Crippen LogP contribution in [-0.2, 0) is 0 Å². The molecule has 2 unspecified atom stereocenters. The van der Waals surface area contributed by atoms with Gasteiger partial charge in [-0.15, -0.1) is 0 Å². The molecule has 0 bridgehead atoms. The van der Waals surface area contributed by atoms with Crippen LogP contribution in [-0.4, -0.2) is 35.6 Å². The first-order valence-electron chi connectivity index (χ1n) is 6.54. The number of nitrogens with zero attached hydrogens (tertiary/aromatic N) is 2. The third-order valence-corrected chi connectivity index (χ3v) is 3.85. The van der Waals surface area contributed by atoms with Crippen molar-refractivity contribution in [2.45, 2.75) is 25.4 Å². The van der Waals surface area contributed by atoms with Crippen LogP contribution in [0.5, 0.6) is 0 Å². The molecule has 0 saturated carbocycles. The van der Waals surface area contributed by atoms with Gasteiger partial charge in [0.15, 0.2) is 0 Å². The summed E-state index contributed by atoms with van der Waals surface area (Å²) < 4.78 is 0. The molecule has 18 heavy (non-hydrogen) atoms. The van der Waals surface area contributed by atoms with Gasteiger partial charge < -0.3 is 10.2 Å². The highest BCUT2D eigenvalue weighted by Crippen LogP contribution is 2.21. The number of hydrogen-bond acceptors (Lipinski definition) is 3. The number of rotatable bonds is 2. The van der Waals surface area contributed by atoms with Gasteiger partial charge in [0.2, 0.25) is 0 Å². The van der Waals surface area contributed by atoms with Crippen molar-refractivity contribution in [3.05, 3.63) is 36.5 Å². The SMILES string of the molecule is CC1CC(Nc2cnc3ccccc3c2)CN1C. The van der Waals surface area contributed by atoms with E-state index in [9.17, 15) is 0 Å². The number of aromatic nitrogens is 1. The molecule has 1 aromatic carbocycles. The molecule has 1 fully saturated rings. The molecule has 1 aromatic heterocycles. The largest absolute Gasteiger partial charge is 0.380 e. The second kappa shape index (κ2) is 4.58. The molecular formula is C15H19N3. The second-order valence-corrected chi connectivity index (χ2v) is 5.28. The van der Waals surface area contributed by atoms with Gasteiger partial charge in [-0.2, -0.15) is 0 Å². The highest BCUT2D eigenvalue weighted by molar-refractivity contribution is 5.81. The zero-order valence-electron chi connectivity index (χ0n) is 10.9. The molecule has 1 aliphatic heterocycles. The lowest BCUT2D eigenvalue weighted by Gasteiger charge is -2.14. The average Bonchev–Trinajstić information content (AvgIpc) is 2.68. The van der Waals surface area contributed by atoms with Gasteiger partial charge in [-0.05, 0) is 32.5 Å². The van der Waals surface area contributed by atoms with Crippen LogP contribution in [0.15, 0.2) is 36.5 Å². The first-order chi connectivity index (χ1) is 8.72. The van der Waals surface area contributed by atoms with Crippen LogP contribution in [0.2, 0.25) is 0 Å². The summed E-state index contributed by atoms with van der Waals surface area (Å²) in [7, 11) is 2.19. The Morgan fingerprint density at radius 3 is 2.94 bits per heavy atom. The number of nitrogens with one attached hydrogen (secondary N) is 1. The summed E-state index contributed by atoms with van der Waals surface area (Å²) in [6, 6.07) is 11.6. The van der Waals surface area contributed by atoms with Gasteiger partial charge in [-0.3, -0.25) is 4.98 Å². The Morgan fingerprint density at radius 2 is 2.17 bits per heavy atom. The zero-order valence-corrected chi connectivity index (χ0v) is 10.9. The van der Waals surface area contributed by atoms with E-state index in [2.05, 4.69) is 47.4 Å². The number of likely N-dealkylation sites (tertiary alicyclic amines) is 1. The van der Waals surface area contributed by atoms with Crippen molar-refractivity contribution in [1.82, 2.24) is 9.88 Å². The molecule has 0 aliphatic carbocycles. The van der Waals surface area contributed by atoms with E-state index in [0.29, 0.717) is 12.1 Å². The van der Waals surface area contributed by atoms with Gasteiger partial charge in [-0.25, -0.2) is 0 Å². The molecule has 1 N–H and O–H groups in total. The van der Waals surface area contributed by atoms with E-state index < -0.39 is 0 Å². The van der Waals surface area contributed by atoms with E-state index >= 15 is 0 Å². The number of hydrogen-bond donors (Lipinski definition) is 1. The molecule has 0 amide bonds. The minimum absolute atomic E-state index is 0.535. The third-order valence-electron chi connectivity index (χ3n) is 3.85. The topological polar surface area (TPSA) is 28.2 Å². The molecule has 3 nitrogen and oxygen atoms in total. The van der Waals surface area contributed by atoms with Gasteiger partial charge in [0.1, 0.15) is 0 Å². The maximum atomic E-state index is 4.49. The third kappa shape index (κ3) is 2.18. The Balaban J connectivity index is 1.79. The van der Waals surface area contributed by atoms with Crippen molar-refractivity contribution in [1.29, 1.82) is 0 Å². The fraction of sp³-hybridized carbons (Fsp3) is 0.400. The van der Waals surface area contributed by atoms with Crippen LogP contribution in [0, 0.1) is 0 Å². The molecular weight excluding hydrogens is 222 g/mol. The molecule has 0 spiro atoms. The second-order valence-electron chi connectivity index (χ2n) is 5.28. The lowest BCUT2D eigenvalue weighted by Crippen LogP contribution is -2.24. The Morgan fingerprint density at radius 1 is 1.33 bits per heavy atom. The minimum atomic E-state index is 0.535. The summed E-state index contributed by atoms with van der Waals surface area (Å²) >= 11 is 0. The predicted molar refractivity (Wildman–Crippen MR) is 75.9 cm³/mol. The Labute approximate surface area is 108 Å². The maximum Gasteiger partial charge on any atom is 0.0703 e. The van der Waals surface area contributed by atoms with E-state index in [0.717, 1.165) is 17.7 Å². The van der Waals surface area contributed by atoms with E-state index in [-0.39, 0.29) is 0 Å². The Hall–Kier alpha value is -1.61. The van der Waals surface area contributed by atoms with E-state index in [1.54, 1.807) is 0 Å². The molecule has 1 saturated heterocycles. The molecule has 2 aromatic rings. The average molecular weight is 241 g/mol. The fourth-order valence-electron chi connectivity index (χ4n) is 2.68. The van der Waals surface area contributed by atoms with Crippen LogP contribution in [0.1, 0.15) is 13.3 Å². The maximum absolute atomic E-state index is 4.49. The van der Waals surface area contributed by atoms with Crippen LogP contribution in [0.4, 0.5) is 5.69 Å².